The molecule has 20 heavy (non-hydrogen) atoms. The highest BCUT2D eigenvalue weighted by Crippen LogP contribution is 2.25. The molecule has 0 amide bonds. The molecule has 0 saturated heterocycles. The molecule has 1 aromatic carbocycles. The molecule has 0 aliphatic rings. The summed E-state index contributed by atoms with van der Waals surface area (Å²) in [5.41, 5.74) is -0.0743. The third-order valence-electron chi connectivity index (χ3n) is 2.42. The SMILES string of the molecule is CCNC(COCC(F)(F)F)c1cc(F)c(Br)cc1F. The molecule has 8 heteroatoms. The molecule has 0 bridgehead atoms. The van der Waals surface area contributed by atoms with E-state index >= 15 is 0 Å². The van der Waals surface area contributed by atoms with E-state index in [9.17, 15) is 22.0 Å². The van der Waals surface area contributed by atoms with Crippen LogP contribution in [0.1, 0.15) is 18.5 Å². The molecule has 1 atom stereocenters. The Kier molecular flexibility index (Phi) is 6.35. The topological polar surface area (TPSA) is 21.3 Å². The summed E-state index contributed by atoms with van der Waals surface area (Å²) in [4.78, 5) is 0. The number of alkyl halides is 3. The van der Waals surface area contributed by atoms with E-state index in [0.717, 1.165) is 12.1 Å². The number of hydrogen-bond donors (Lipinski definition) is 1. The predicted molar refractivity (Wildman–Crippen MR) is 67.3 cm³/mol. The minimum Gasteiger partial charge on any atom is -0.370 e. The first-order valence-electron chi connectivity index (χ1n) is 5.77. The summed E-state index contributed by atoms with van der Waals surface area (Å²) in [6.07, 6.45) is -4.46. The molecule has 0 aliphatic carbocycles. The Morgan fingerprint density at radius 3 is 2.45 bits per heavy atom. The van der Waals surface area contributed by atoms with Crippen molar-refractivity contribution >= 4 is 15.9 Å². The number of hydrogen-bond acceptors (Lipinski definition) is 2. The van der Waals surface area contributed by atoms with E-state index in [4.69, 9.17) is 0 Å². The predicted octanol–water partition coefficient (Wildman–Crippen LogP) is 3.96. The van der Waals surface area contributed by atoms with E-state index in [2.05, 4.69) is 26.0 Å². The Morgan fingerprint density at radius 1 is 1.25 bits per heavy atom. The van der Waals surface area contributed by atoms with E-state index in [1.54, 1.807) is 6.92 Å². The van der Waals surface area contributed by atoms with Gasteiger partial charge < -0.3 is 10.1 Å². The number of benzene rings is 1. The van der Waals surface area contributed by atoms with Gasteiger partial charge in [-0.2, -0.15) is 13.2 Å². The Morgan fingerprint density at radius 2 is 1.90 bits per heavy atom. The van der Waals surface area contributed by atoms with Gasteiger partial charge in [-0.25, -0.2) is 8.78 Å². The van der Waals surface area contributed by atoms with Crippen LogP contribution < -0.4 is 5.32 Å². The van der Waals surface area contributed by atoms with Gasteiger partial charge >= 0.3 is 6.18 Å². The first-order valence-corrected chi connectivity index (χ1v) is 6.56. The molecule has 2 nitrogen and oxygen atoms in total. The van der Waals surface area contributed by atoms with E-state index < -0.39 is 37.1 Å². The smallest absolute Gasteiger partial charge is 0.370 e. The zero-order valence-corrected chi connectivity index (χ0v) is 12.1. The fraction of sp³-hybridized carbons (Fsp3) is 0.500. The maximum atomic E-state index is 13.8. The van der Waals surface area contributed by atoms with E-state index in [1.165, 1.54) is 0 Å². The zero-order chi connectivity index (χ0) is 15.3. The molecule has 1 rings (SSSR count). The molecule has 0 aliphatic heterocycles. The first-order chi connectivity index (χ1) is 9.24. The van der Waals surface area contributed by atoms with Crippen molar-refractivity contribution in [3.63, 3.8) is 0 Å². The zero-order valence-electron chi connectivity index (χ0n) is 10.5. The standard InChI is InChI=1S/C12H13BrF5NO/c1-2-19-11(5-20-6-12(16,17)18)7-3-10(15)8(13)4-9(7)14/h3-4,11,19H,2,5-6H2,1H3. The van der Waals surface area contributed by atoms with Crippen LogP contribution >= 0.6 is 15.9 Å². The van der Waals surface area contributed by atoms with Crippen molar-refractivity contribution in [2.24, 2.45) is 0 Å². The third-order valence-corrected chi connectivity index (χ3v) is 3.02. The average Bonchev–Trinajstić information content (AvgIpc) is 2.31. The third kappa shape index (κ3) is 5.34. The normalized spacial score (nSPS) is 13.6. The lowest BCUT2D eigenvalue weighted by molar-refractivity contribution is -0.175. The lowest BCUT2D eigenvalue weighted by Crippen LogP contribution is -2.28. The van der Waals surface area contributed by atoms with Gasteiger partial charge in [0.1, 0.15) is 18.2 Å². The Hall–Kier alpha value is -0.730. The van der Waals surface area contributed by atoms with Gasteiger partial charge in [-0.3, -0.25) is 0 Å². The molecular weight excluding hydrogens is 349 g/mol. The fourth-order valence-electron chi connectivity index (χ4n) is 1.60. The summed E-state index contributed by atoms with van der Waals surface area (Å²) < 4.78 is 67.6. The van der Waals surface area contributed by atoms with Gasteiger partial charge in [0.05, 0.1) is 17.1 Å². The summed E-state index contributed by atoms with van der Waals surface area (Å²) in [5, 5.41) is 2.76. The largest absolute Gasteiger partial charge is 0.411 e. The van der Waals surface area contributed by atoms with Crippen molar-refractivity contribution in [3.8, 4) is 0 Å². The van der Waals surface area contributed by atoms with Crippen LogP contribution in [-0.4, -0.2) is 25.9 Å². The van der Waals surface area contributed by atoms with Crippen molar-refractivity contribution in [2.45, 2.75) is 19.1 Å². The monoisotopic (exact) mass is 361 g/mol. The molecular formula is C12H13BrF5NO. The second-order valence-corrected chi connectivity index (χ2v) is 4.88. The van der Waals surface area contributed by atoms with Crippen LogP contribution in [0.15, 0.2) is 16.6 Å². The highest BCUT2D eigenvalue weighted by atomic mass is 79.9. The maximum Gasteiger partial charge on any atom is 0.411 e. The van der Waals surface area contributed by atoms with Gasteiger partial charge in [0.15, 0.2) is 0 Å². The second-order valence-electron chi connectivity index (χ2n) is 4.03. The summed E-state index contributed by atoms with van der Waals surface area (Å²) in [6, 6.07) is 1.01. The summed E-state index contributed by atoms with van der Waals surface area (Å²) in [7, 11) is 0. The number of nitrogens with one attached hydrogen (secondary N) is 1. The molecule has 0 fully saturated rings. The number of halogens is 6. The highest BCUT2D eigenvalue weighted by Gasteiger charge is 2.28. The van der Waals surface area contributed by atoms with E-state index in [-0.39, 0.29) is 10.0 Å². The van der Waals surface area contributed by atoms with Crippen molar-refractivity contribution in [1.29, 1.82) is 0 Å². The Labute approximate surface area is 121 Å². The molecule has 114 valence electrons. The van der Waals surface area contributed by atoms with Crippen LogP contribution in [0, 0.1) is 11.6 Å². The number of rotatable bonds is 6. The summed E-state index contributed by atoms with van der Waals surface area (Å²) in [6.45, 7) is 0.224. The quantitative estimate of drug-likeness (QED) is 0.611. The average molecular weight is 362 g/mol. The van der Waals surface area contributed by atoms with Crippen LogP contribution in [0.25, 0.3) is 0 Å². The van der Waals surface area contributed by atoms with Gasteiger partial charge in [0.25, 0.3) is 0 Å². The molecule has 0 heterocycles. The van der Waals surface area contributed by atoms with Crippen molar-refractivity contribution in [2.75, 3.05) is 19.8 Å². The van der Waals surface area contributed by atoms with Crippen LogP contribution in [0.2, 0.25) is 0 Å². The molecule has 0 spiro atoms. The lowest BCUT2D eigenvalue weighted by atomic mass is 10.1. The number of ether oxygens (including phenoxy) is 1. The second kappa shape index (κ2) is 7.33. The molecule has 1 aromatic rings. The van der Waals surface area contributed by atoms with Gasteiger partial charge in [0.2, 0.25) is 0 Å². The van der Waals surface area contributed by atoms with Crippen LogP contribution in [-0.2, 0) is 4.74 Å². The number of likely N-dealkylation sites (N-methyl/N-ethyl adjacent to an activating group) is 1. The minimum atomic E-state index is -4.46. The van der Waals surface area contributed by atoms with E-state index in [1.807, 2.05) is 0 Å². The molecule has 0 radical (unpaired) electrons. The lowest BCUT2D eigenvalue weighted by Gasteiger charge is -2.20. The summed E-state index contributed by atoms with van der Waals surface area (Å²) in [5.74, 6) is -1.42. The van der Waals surface area contributed by atoms with Crippen molar-refractivity contribution < 1.29 is 26.7 Å². The van der Waals surface area contributed by atoms with Crippen LogP contribution in [0.3, 0.4) is 0 Å². The maximum absolute atomic E-state index is 13.8. The van der Waals surface area contributed by atoms with Gasteiger partial charge in [-0.1, -0.05) is 6.92 Å². The molecule has 1 unspecified atom stereocenters. The van der Waals surface area contributed by atoms with Crippen LogP contribution in [0.4, 0.5) is 22.0 Å². The minimum absolute atomic E-state index is 0.0507. The molecule has 0 aromatic heterocycles. The first kappa shape index (κ1) is 17.3. The Balaban J connectivity index is 2.83. The highest BCUT2D eigenvalue weighted by molar-refractivity contribution is 9.10. The van der Waals surface area contributed by atoms with Crippen molar-refractivity contribution in [1.82, 2.24) is 5.32 Å². The summed E-state index contributed by atoms with van der Waals surface area (Å²) >= 11 is 2.83. The fourth-order valence-corrected chi connectivity index (χ4v) is 1.92. The van der Waals surface area contributed by atoms with E-state index in [0.29, 0.717) is 6.54 Å². The molecule has 0 saturated carbocycles. The Bertz CT molecular complexity index is 452. The van der Waals surface area contributed by atoms with Gasteiger partial charge in [-0.05, 0) is 34.6 Å². The van der Waals surface area contributed by atoms with Gasteiger partial charge in [-0.15, -0.1) is 0 Å². The molecule has 1 N–H and O–H groups in total. The van der Waals surface area contributed by atoms with Crippen LogP contribution in [0.5, 0.6) is 0 Å². The van der Waals surface area contributed by atoms with Gasteiger partial charge in [0, 0.05) is 5.56 Å². The van der Waals surface area contributed by atoms with Crippen molar-refractivity contribution in [3.05, 3.63) is 33.8 Å².